The summed E-state index contributed by atoms with van der Waals surface area (Å²) in [5, 5.41) is 10.6. The van der Waals surface area contributed by atoms with Crippen LogP contribution in [0.1, 0.15) is 12.6 Å². The number of rotatable bonds is 4. The lowest BCUT2D eigenvalue weighted by atomic mass is 9.90. The van der Waals surface area contributed by atoms with E-state index in [0.717, 1.165) is 0 Å². The molecule has 0 spiro atoms. The number of H-pyrrole nitrogens is 1. The van der Waals surface area contributed by atoms with Crippen molar-refractivity contribution in [2.45, 2.75) is 30.5 Å². The third-order valence-corrected chi connectivity index (χ3v) is 4.99. The van der Waals surface area contributed by atoms with Crippen molar-refractivity contribution < 1.29 is 33.5 Å². The molecule has 0 aromatic carbocycles. The molecule has 6 N–H and O–H groups in total. The van der Waals surface area contributed by atoms with Gasteiger partial charge in [-0.15, -0.1) is 0 Å². The minimum Gasteiger partial charge on any atom is -0.387 e. The lowest BCUT2D eigenvalue weighted by molar-refractivity contribution is -0.141. The van der Waals surface area contributed by atoms with E-state index in [1.165, 1.54) is 10.9 Å². The molecule has 2 saturated heterocycles. The lowest BCUT2D eigenvalue weighted by Crippen LogP contribution is -2.51. The second-order valence-corrected chi connectivity index (χ2v) is 7.38. The number of imidazole rings is 1. The van der Waals surface area contributed by atoms with Gasteiger partial charge in [-0.2, -0.15) is 4.98 Å². The molecule has 26 heavy (non-hydrogen) atoms. The van der Waals surface area contributed by atoms with Gasteiger partial charge in [-0.05, 0) is 0 Å². The molecular weight excluding hydrogens is 373 g/mol. The number of anilines is 1. The quantitative estimate of drug-likeness (QED) is 0.371. The van der Waals surface area contributed by atoms with E-state index in [0.29, 0.717) is 0 Å². The lowest BCUT2D eigenvalue weighted by Gasteiger charge is -2.35. The largest absolute Gasteiger partial charge is 0.469 e. The average Bonchev–Trinajstić information content (AvgIpc) is 3.00. The highest BCUT2D eigenvalue weighted by Gasteiger charge is 2.59. The fourth-order valence-electron chi connectivity index (χ4n) is 3.31. The van der Waals surface area contributed by atoms with Gasteiger partial charge < -0.3 is 30.1 Å². The van der Waals surface area contributed by atoms with Crippen molar-refractivity contribution in [2.75, 3.05) is 18.9 Å². The number of fused-ring (bicyclic) bond motifs is 3. The Bertz CT molecular complexity index is 955. The third kappa shape index (κ3) is 2.74. The van der Waals surface area contributed by atoms with Gasteiger partial charge in [-0.25, -0.2) is 9.55 Å². The van der Waals surface area contributed by atoms with Crippen molar-refractivity contribution in [1.82, 2.24) is 19.5 Å². The normalized spacial score (nSPS) is 31.6. The molecule has 2 bridgehead atoms. The van der Waals surface area contributed by atoms with Crippen LogP contribution >= 0.6 is 7.82 Å². The number of phosphoric acid groups is 1. The highest BCUT2D eigenvalue weighted by molar-refractivity contribution is 7.46. The molecule has 4 rings (SSSR count). The molecule has 142 valence electrons. The molecule has 4 atom stereocenters. The van der Waals surface area contributed by atoms with E-state index >= 15 is 0 Å². The number of ether oxygens (including phenoxy) is 2. The molecule has 0 amide bonds. The zero-order valence-corrected chi connectivity index (χ0v) is 14.1. The Labute approximate surface area is 145 Å². The molecule has 4 heterocycles. The van der Waals surface area contributed by atoms with Crippen molar-refractivity contribution >= 4 is 24.9 Å². The number of hydrogen-bond acceptors (Lipinski definition) is 9. The first-order valence-corrected chi connectivity index (χ1v) is 9.13. The minimum atomic E-state index is -4.75. The number of nitrogens with zero attached hydrogens (tertiary/aromatic N) is 3. The molecule has 0 radical (unpaired) electrons. The predicted octanol–water partition coefficient (Wildman–Crippen LogP) is -1.77. The zero-order chi connectivity index (χ0) is 18.7. The summed E-state index contributed by atoms with van der Waals surface area (Å²) in [6, 6.07) is 0. The molecule has 13 nitrogen and oxygen atoms in total. The van der Waals surface area contributed by atoms with Crippen LogP contribution in [0.5, 0.6) is 0 Å². The topological polar surface area (TPSA) is 195 Å². The smallest absolute Gasteiger partial charge is 0.387 e. The monoisotopic (exact) mass is 389 g/mol. The summed E-state index contributed by atoms with van der Waals surface area (Å²) in [7, 11) is -4.75. The number of phosphoric ester groups is 1. The highest BCUT2D eigenvalue weighted by atomic mass is 31.2. The summed E-state index contributed by atoms with van der Waals surface area (Å²) in [4.78, 5) is 40.2. The summed E-state index contributed by atoms with van der Waals surface area (Å²) >= 11 is 0. The molecular formula is C12H16N5O8P. The van der Waals surface area contributed by atoms with Crippen molar-refractivity contribution in [3.05, 3.63) is 16.7 Å². The van der Waals surface area contributed by atoms with Crippen LogP contribution in [0.15, 0.2) is 11.1 Å². The van der Waals surface area contributed by atoms with Crippen LogP contribution in [0.2, 0.25) is 0 Å². The summed E-state index contributed by atoms with van der Waals surface area (Å²) < 4.78 is 28.5. The van der Waals surface area contributed by atoms with Crippen LogP contribution < -0.4 is 11.3 Å². The number of nitrogens with two attached hydrogens (primary N) is 1. The van der Waals surface area contributed by atoms with Crippen LogP contribution in [0.4, 0.5) is 5.95 Å². The average molecular weight is 389 g/mol. The van der Waals surface area contributed by atoms with Gasteiger partial charge in [0.05, 0.1) is 19.5 Å². The maximum absolute atomic E-state index is 11.9. The molecule has 2 fully saturated rings. The molecule has 2 aromatic rings. The molecule has 2 aliphatic heterocycles. The molecule has 14 heteroatoms. The summed E-state index contributed by atoms with van der Waals surface area (Å²) in [5.74, 6) is -0.119. The summed E-state index contributed by atoms with van der Waals surface area (Å²) in [6.45, 7) is -0.344. The van der Waals surface area contributed by atoms with Crippen molar-refractivity contribution in [3.63, 3.8) is 0 Å². The van der Waals surface area contributed by atoms with Crippen molar-refractivity contribution in [1.29, 1.82) is 0 Å². The van der Waals surface area contributed by atoms with E-state index < -0.39 is 44.0 Å². The summed E-state index contributed by atoms with van der Waals surface area (Å²) in [6.07, 6.45) is -1.57. The number of nitrogens with one attached hydrogen (secondary N) is 1. The Hall–Kier alpha value is -1.86. The van der Waals surface area contributed by atoms with Gasteiger partial charge in [0.2, 0.25) is 5.95 Å². The van der Waals surface area contributed by atoms with Crippen molar-refractivity contribution in [3.8, 4) is 0 Å². The van der Waals surface area contributed by atoms with E-state index in [1.807, 2.05) is 0 Å². The molecule has 0 unspecified atom stereocenters. The fourth-order valence-corrected chi connectivity index (χ4v) is 3.70. The Morgan fingerprint density at radius 3 is 3.04 bits per heavy atom. The predicted molar refractivity (Wildman–Crippen MR) is 83.8 cm³/mol. The standard InChI is InChI=1S/C12H16N5O8P/c13-11-15-8-5(9(19)16-11)14-4-17(8)10-6-7(18)12(25-10,1-2-23-6)3-24-26(20,21)22/h4,6-7,10,18H,1-3H2,(H2,20,21,22)(H3,13,15,16,19)/t6-,7+,10-,12-/m1/s1. The Kier molecular flexibility index (Phi) is 3.93. The maximum Gasteiger partial charge on any atom is 0.469 e. The van der Waals surface area contributed by atoms with E-state index in [4.69, 9.17) is 25.0 Å². The zero-order valence-electron chi connectivity index (χ0n) is 13.2. The fraction of sp³-hybridized carbons (Fsp3) is 0.583. The van der Waals surface area contributed by atoms with Gasteiger partial charge >= 0.3 is 7.82 Å². The van der Waals surface area contributed by atoms with Crippen LogP contribution in [-0.2, 0) is 18.6 Å². The number of aromatic amines is 1. The number of hydrogen-bond donors (Lipinski definition) is 5. The van der Waals surface area contributed by atoms with Crippen molar-refractivity contribution in [2.24, 2.45) is 0 Å². The first-order valence-electron chi connectivity index (χ1n) is 7.60. The number of aromatic nitrogens is 4. The van der Waals surface area contributed by atoms with Gasteiger partial charge in [0, 0.05) is 6.42 Å². The number of aliphatic hydroxyl groups is 1. The second-order valence-electron chi connectivity index (χ2n) is 6.14. The molecule has 2 aliphatic rings. The minimum absolute atomic E-state index is 0.0271. The van der Waals surface area contributed by atoms with Crippen LogP contribution in [0.25, 0.3) is 11.2 Å². The van der Waals surface area contributed by atoms with E-state index in [-0.39, 0.29) is 30.1 Å². The Morgan fingerprint density at radius 2 is 2.31 bits per heavy atom. The van der Waals surface area contributed by atoms with Crippen LogP contribution in [-0.4, -0.2) is 65.4 Å². The van der Waals surface area contributed by atoms with E-state index in [2.05, 4.69) is 19.5 Å². The first-order chi connectivity index (χ1) is 12.2. The van der Waals surface area contributed by atoms with Gasteiger partial charge in [0.15, 0.2) is 17.4 Å². The maximum atomic E-state index is 11.9. The van der Waals surface area contributed by atoms with Crippen LogP contribution in [0, 0.1) is 0 Å². The second kappa shape index (κ2) is 5.82. The number of aliphatic hydroxyl groups excluding tert-OH is 1. The molecule has 0 aliphatic carbocycles. The van der Waals surface area contributed by atoms with Gasteiger partial charge in [0.25, 0.3) is 5.56 Å². The first kappa shape index (κ1) is 17.5. The van der Waals surface area contributed by atoms with Gasteiger partial charge in [-0.3, -0.25) is 18.9 Å². The Morgan fingerprint density at radius 1 is 1.54 bits per heavy atom. The van der Waals surface area contributed by atoms with Gasteiger partial charge in [-0.1, -0.05) is 0 Å². The van der Waals surface area contributed by atoms with Crippen LogP contribution in [0.3, 0.4) is 0 Å². The van der Waals surface area contributed by atoms with E-state index in [9.17, 15) is 14.5 Å². The Balaban J connectivity index is 1.73. The third-order valence-electron chi connectivity index (χ3n) is 4.52. The molecule has 2 aromatic heterocycles. The van der Waals surface area contributed by atoms with Gasteiger partial charge in [0.1, 0.15) is 17.8 Å². The summed E-state index contributed by atoms with van der Waals surface area (Å²) in [5.41, 5.74) is 3.82. The highest BCUT2D eigenvalue weighted by Crippen LogP contribution is 2.47. The number of nitrogen functional groups attached to an aromatic ring is 1. The molecule has 0 saturated carbocycles. The SMILES string of the molecule is Nc1nc2c(ncn2[C@@H]2O[C@@]3(COP(=O)(O)O)CCO[C@@H]2[C@@H]3O)c(=O)[nH]1. The van der Waals surface area contributed by atoms with E-state index in [1.54, 1.807) is 0 Å².